The minimum absolute atomic E-state index is 0.0197. The van der Waals surface area contributed by atoms with E-state index in [4.69, 9.17) is 26.3 Å². The lowest BCUT2D eigenvalue weighted by molar-refractivity contribution is 0.0693. The SMILES string of the molecule is COc1cccc(C(=O)O)c1Oc1cccc(Cl)c1C#N. The van der Waals surface area contributed by atoms with E-state index in [9.17, 15) is 9.90 Å². The van der Waals surface area contributed by atoms with Crippen molar-refractivity contribution in [3.05, 3.63) is 52.5 Å². The van der Waals surface area contributed by atoms with Crippen molar-refractivity contribution in [2.24, 2.45) is 0 Å². The molecule has 0 aliphatic rings. The van der Waals surface area contributed by atoms with E-state index in [2.05, 4.69) is 0 Å². The van der Waals surface area contributed by atoms with Gasteiger partial charge in [0.1, 0.15) is 22.9 Å². The number of aromatic carboxylic acids is 1. The van der Waals surface area contributed by atoms with Crippen molar-refractivity contribution in [2.45, 2.75) is 0 Å². The molecule has 2 aromatic rings. The van der Waals surface area contributed by atoms with E-state index >= 15 is 0 Å². The Labute approximate surface area is 125 Å². The molecule has 2 aromatic carbocycles. The maximum absolute atomic E-state index is 11.3. The summed E-state index contributed by atoms with van der Waals surface area (Å²) in [6.07, 6.45) is 0. The summed E-state index contributed by atoms with van der Waals surface area (Å²) in [4.78, 5) is 11.3. The molecule has 0 aromatic heterocycles. The van der Waals surface area contributed by atoms with Crippen LogP contribution in [0, 0.1) is 11.3 Å². The van der Waals surface area contributed by atoms with E-state index in [0.29, 0.717) is 0 Å². The molecule has 0 bridgehead atoms. The molecule has 1 N–H and O–H groups in total. The molecule has 2 rings (SSSR count). The number of hydrogen-bond acceptors (Lipinski definition) is 4. The van der Waals surface area contributed by atoms with E-state index in [0.717, 1.165) is 0 Å². The quantitative estimate of drug-likeness (QED) is 0.931. The van der Waals surface area contributed by atoms with Gasteiger partial charge in [0.2, 0.25) is 0 Å². The van der Waals surface area contributed by atoms with Gasteiger partial charge in [0, 0.05) is 0 Å². The Morgan fingerprint density at radius 2 is 1.90 bits per heavy atom. The Bertz CT molecular complexity index is 737. The van der Waals surface area contributed by atoms with Gasteiger partial charge < -0.3 is 14.6 Å². The molecule has 0 amide bonds. The standard InChI is InChI=1S/C15H10ClNO4/c1-20-13-7-2-4-9(15(18)19)14(13)21-12-6-3-5-11(16)10(12)8-17/h2-7H,1H3,(H,18,19). The first-order chi connectivity index (χ1) is 10.1. The second-order valence-electron chi connectivity index (χ2n) is 3.97. The van der Waals surface area contributed by atoms with Crippen LogP contribution in [0.2, 0.25) is 5.02 Å². The Morgan fingerprint density at radius 3 is 2.52 bits per heavy atom. The third-order valence-electron chi connectivity index (χ3n) is 2.73. The largest absolute Gasteiger partial charge is 0.493 e. The van der Waals surface area contributed by atoms with Gasteiger partial charge in [0.15, 0.2) is 11.5 Å². The lowest BCUT2D eigenvalue weighted by atomic mass is 10.1. The summed E-state index contributed by atoms with van der Waals surface area (Å²) in [6.45, 7) is 0. The molecule has 0 aliphatic heterocycles. The summed E-state index contributed by atoms with van der Waals surface area (Å²) < 4.78 is 10.7. The molecule has 21 heavy (non-hydrogen) atoms. The van der Waals surface area contributed by atoms with Gasteiger partial charge in [-0.05, 0) is 24.3 Å². The molecule has 0 saturated heterocycles. The fourth-order valence-electron chi connectivity index (χ4n) is 1.76. The van der Waals surface area contributed by atoms with Gasteiger partial charge in [-0.3, -0.25) is 0 Å². The van der Waals surface area contributed by atoms with Crippen LogP contribution in [-0.4, -0.2) is 18.2 Å². The zero-order chi connectivity index (χ0) is 15.4. The minimum Gasteiger partial charge on any atom is -0.493 e. The summed E-state index contributed by atoms with van der Waals surface area (Å²) in [5.74, 6) is -0.730. The molecule has 0 spiro atoms. The molecule has 0 radical (unpaired) electrons. The number of halogens is 1. The zero-order valence-electron chi connectivity index (χ0n) is 11.0. The van der Waals surface area contributed by atoms with Crippen LogP contribution in [0.15, 0.2) is 36.4 Å². The molecule has 0 heterocycles. The summed E-state index contributed by atoms with van der Waals surface area (Å²) in [5, 5.41) is 18.6. The molecule has 0 fully saturated rings. The maximum Gasteiger partial charge on any atom is 0.339 e. The molecule has 5 nitrogen and oxygen atoms in total. The molecule has 106 valence electrons. The number of ether oxygens (including phenoxy) is 2. The Hall–Kier alpha value is -2.71. The topological polar surface area (TPSA) is 79.6 Å². The first-order valence-corrected chi connectivity index (χ1v) is 6.23. The van der Waals surface area contributed by atoms with Gasteiger partial charge in [-0.1, -0.05) is 23.7 Å². The number of nitrogens with zero attached hydrogens (tertiary/aromatic N) is 1. The van der Waals surface area contributed by atoms with Gasteiger partial charge in [-0.2, -0.15) is 5.26 Å². The molecule has 0 aliphatic carbocycles. The number of carbonyl (C=O) groups is 1. The molecule has 0 atom stereocenters. The molecule has 0 saturated carbocycles. The van der Waals surface area contributed by atoms with Crippen LogP contribution >= 0.6 is 11.6 Å². The monoisotopic (exact) mass is 303 g/mol. The van der Waals surface area contributed by atoms with Crippen molar-refractivity contribution in [3.8, 4) is 23.3 Å². The lowest BCUT2D eigenvalue weighted by Gasteiger charge is -2.13. The van der Waals surface area contributed by atoms with Crippen molar-refractivity contribution >= 4 is 17.6 Å². The fraction of sp³-hybridized carbons (Fsp3) is 0.0667. The number of hydrogen-bond donors (Lipinski definition) is 1. The van der Waals surface area contributed by atoms with Crippen LogP contribution < -0.4 is 9.47 Å². The van der Waals surface area contributed by atoms with Crippen LogP contribution in [0.1, 0.15) is 15.9 Å². The lowest BCUT2D eigenvalue weighted by Crippen LogP contribution is -2.02. The third-order valence-corrected chi connectivity index (χ3v) is 3.04. The average molecular weight is 304 g/mol. The Balaban J connectivity index is 2.57. The van der Waals surface area contributed by atoms with Crippen molar-refractivity contribution in [3.63, 3.8) is 0 Å². The number of rotatable bonds is 4. The number of nitriles is 1. The Kier molecular flexibility index (Phi) is 4.31. The van der Waals surface area contributed by atoms with E-state index in [1.807, 2.05) is 6.07 Å². The summed E-state index contributed by atoms with van der Waals surface area (Å²) in [5.41, 5.74) is 0.0552. The molecular formula is C15H10ClNO4. The van der Waals surface area contributed by atoms with Crippen LogP contribution in [0.3, 0.4) is 0 Å². The van der Waals surface area contributed by atoms with Crippen LogP contribution in [0.4, 0.5) is 0 Å². The Morgan fingerprint density at radius 1 is 1.24 bits per heavy atom. The second-order valence-corrected chi connectivity index (χ2v) is 4.38. The minimum atomic E-state index is -1.16. The maximum atomic E-state index is 11.3. The van der Waals surface area contributed by atoms with E-state index in [1.165, 1.54) is 19.2 Å². The van der Waals surface area contributed by atoms with Gasteiger partial charge in [0.05, 0.1) is 12.1 Å². The molecular weight excluding hydrogens is 294 g/mol. The number of methoxy groups -OCH3 is 1. The smallest absolute Gasteiger partial charge is 0.339 e. The van der Waals surface area contributed by atoms with Crippen molar-refractivity contribution < 1.29 is 19.4 Å². The first-order valence-electron chi connectivity index (χ1n) is 5.85. The summed E-state index contributed by atoms with van der Waals surface area (Å²) >= 11 is 5.92. The van der Waals surface area contributed by atoms with Crippen molar-refractivity contribution in [1.29, 1.82) is 5.26 Å². The van der Waals surface area contributed by atoms with Crippen LogP contribution in [0.25, 0.3) is 0 Å². The second kappa shape index (κ2) is 6.16. The van der Waals surface area contributed by atoms with Gasteiger partial charge in [0.25, 0.3) is 0 Å². The van der Waals surface area contributed by atoms with Gasteiger partial charge >= 0.3 is 5.97 Å². The predicted octanol–water partition coefficient (Wildman–Crippen LogP) is 3.71. The van der Waals surface area contributed by atoms with Crippen molar-refractivity contribution in [2.75, 3.05) is 7.11 Å². The van der Waals surface area contributed by atoms with Crippen LogP contribution in [-0.2, 0) is 0 Å². The first kappa shape index (κ1) is 14.7. The van der Waals surface area contributed by atoms with Gasteiger partial charge in [-0.15, -0.1) is 0 Å². The average Bonchev–Trinajstić information content (AvgIpc) is 2.47. The van der Waals surface area contributed by atoms with E-state index in [-0.39, 0.29) is 33.4 Å². The number of benzene rings is 2. The molecule has 0 unspecified atom stereocenters. The highest BCUT2D eigenvalue weighted by atomic mass is 35.5. The van der Waals surface area contributed by atoms with Crippen molar-refractivity contribution in [1.82, 2.24) is 0 Å². The van der Waals surface area contributed by atoms with E-state index in [1.54, 1.807) is 24.3 Å². The zero-order valence-corrected chi connectivity index (χ0v) is 11.7. The van der Waals surface area contributed by atoms with Crippen LogP contribution in [0.5, 0.6) is 17.2 Å². The number of para-hydroxylation sites is 1. The number of carboxylic acid groups (broad SMARTS) is 1. The third kappa shape index (κ3) is 2.91. The highest BCUT2D eigenvalue weighted by Gasteiger charge is 2.19. The highest BCUT2D eigenvalue weighted by Crippen LogP contribution is 2.37. The van der Waals surface area contributed by atoms with Gasteiger partial charge in [-0.25, -0.2) is 4.79 Å². The highest BCUT2D eigenvalue weighted by molar-refractivity contribution is 6.31. The summed E-state index contributed by atoms with van der Waals surface area (Å²) in [7, 11) is 1.40. The normalized spacial score (nSPS) is 9.76. The fourth-order valence-corrected chi connectivity index (χ4v) is 1.97. The summed E-state index contributed by atoms with van der Waals surface area (Å²) in [6, 6.07) is 11.1. The van der Waals surface area contributed by atoms with E-state index < -0.39 is 5.97 Å². The number of carboxylic acids is 1. The predicted molar refractivity (Wildman–Crippen MR) is 76.2 cm³/mol. The molecule has 6 heteroatoms.